The second kappa shape index (κ2) is 7.94. The lowest BCUT2D eigenvalue weighted by atomic mass is 10.2. The maximum absolute atomic E-state index is 12.5. The number of nitrogens with zero attached hydrogens (tertiary/aromatic N) is 3. The first-order valence-corrected chi connectivity index (χ1v) is 8.54. The predicted molar refractivity (Wildman–Crippen MR) is 94.8 cm³/mol. The van der Waals surface area contributed by atoms with Crippen LogP contribution in [0, 0.1) is 11.3 Å². The summed E-state index contributed by atoms with van der Waals surface area (Å²) in [6.45, 7) is 2.01. The Kier molecular flexibility index (Phi) is 5.96. The van der Waals surface area contributed by atoms with Crippen LogP contribution < -0.4 is 10.6 Å². The van der Waals surface area contributed by atoms with Crippen LogP contribution in [0.3, 0.4) is 0 Å². The molecule has 0 fully saturated rings. The molecule has 8 heteroatoms. The van der Waals surface area contributed by atoms with Crippen molar-refractivity contribution in [2.45, 2.75) is 11.8 Å². The first-order chi connectivity index (χ1) is 11.1. The number of halogens is 1. The molecule has 2 heterocycles. The Morgan fingerprint density at radius 1 is 1.39 bits per heavy atom. The van der Waals surface area contributed by atoms with E-state index in [1.54, 1.807) is 19.3 Å². The summed E-state index contributed by atoms with van der Waals surface area (Å²) >= 11 is 4.90. The molecule has 23 heavy (non-hydrogen) atoms. The molecule has 2 aromatic rings. The largest absolute Gasteiger partial charge is 0.371 e. The van der Waals surface area contributed by atoms with Gasteiger partial charge in [-0.25, -0.2) is 9.97 Å². The van der Waals surface area contributed by atoms with E-state index in [0.29, 0.717) is 22.8 Å². The molecule has 0 aliphatic carbocycles. The van der Waals surface area contributed by atoms with E-state index < -0.39 is 0 Å². The first-order valence-electron chi connectivity index (χ1n) is 6.76. The second-order valence-electron chi connectivity index (χ2n) is 4.37. The third kappa shape index (κ3) is 4.21. The van der Waals surface area contributed by atoms with Gasteiger partial charge in [0.15, 0.2) is 0 Å². The number of pyridine rings is 2. The molecule has 0 atom stereocenters. The summed E-state index contributed by atoms with van der Waals surface area (Å²) in [7, 11) is 1.69. The zero-order valence-corrected chi connectivity index (χ0v) is 15.0. The van der Waals surface area contributed by atoms with E-state index in [9.17, 15) is 4.79 Å². The van der Waals surface area contributed by atoms with E-state index in [-0.39, 0.29) is 5.91 Å². The minimum Gasteiger partial charge on any atom is -0.371 e. The van der Waals surface area contributed by atoms with Crippen LogP contribution in [-0.2, 0) is 0 Å². The van der Waals surface area contributed by atoms with Crippen LogP contribution >= 0.6 is 27.7 Å². The van der Waals surface area contributed by atoms with Crippen LogP contribution in [0.5, 0.6) is 0 Å². The summed E-state index contributed by atoms with van der Waals surface area (Å²) in [5.74, 6) is 0.965. The van der Waals surface area contributed by atoms with Crippen molar-refractivity contribution >= 4 is 45.1 Å². The maximum atomic E-state index is 12.5. The van der Waals surface area contributed by atoms with Gasteiger partial charge in [0.25, 0.3) is 5.91 Å². The number of nitrogens with one attached hydrogen (secondary N) is 2. The first kappa shape index (κ1) is 17.2. The maximum Gasteiger partial charge on any atom is 0.275 e. The van der Waals surface area contributed by atoms with Crippen molar-refractivity contribution in [3.05, 3.63) is 40.3 Å². The third-order valence-corrected chi connectivity index (χ3v) is 4.18. The average Bonchev–Trinajstić information content (AvgIpc) is 2.55. The number of hydrogen-bond donors (Lipinski definition) is 2. The van der Waals surface area contributed by atoms with Gasteiger partial charge in [-0.1, -0.05) is 6.92 Å². The van der Waals surface area contributed by atoms with Crippen LogP contribution in [0.1, 0.15) is 23.0 Å². The van der Waals surface area contributed by atoms with Gasteiger partial charge in [0.2, 0.25) is 0 Å². The number of amides is 1. The zero-order valence-electron chi connectivity index (χ0n) is 12.6. The molecule has 0 aliphatic rings. The quantitative estimate of drug-likeness (QED) is 0.757. The van der Waals surface area contributed by atoms with Crippen LogP contribution in [0.2, 0.25) is 0 Å². The van der Waals surface area contributed by atoms with Gasteiger partial charge in [-0.3, -0.25) is 4.79 Å². The number of nitriles is 1. The highest BCUT2D eigenvalue weighted by atomic mass is 79.9. The Bertz CT molecular complexity index is 775. The summed E-state index contributed by atoms with van der Waals surface area (Å²) in [5.41, 5.74) is 1.14. The number of thioether (sulfide) groups is 1. The van der Waals surface area contributed by atoms with Crippen LogP contribution in [0.4, 0.5) is 11.5 Å². The lowest BCUT2D eigenvalue weighted by Gasteiger charge is -2.12. The Morgan fingerprint density at radius 3 is 2.83 bits per heavy atom. The Morgan fingerprint density at radius 2 is 2.17 bits per heavy atom. The molecule has 0 spiro atoms. The SMILES string of the molecule is CCSc1cc(Br)cnc1C(=O)Nc1cc(C#N)cnc1NC. The molecule has 2 N–H and O–H groups in total. The molecule has 0 aromatic carbocycles. The van der Waals surface area contributed by atoms with Crippen molar-refractivity contribution < 1.29 is 4.79 Å². The molecule has 0 bridgehead atoms. The van der Waals surface area contributed by atoms with Crippen LogP contribution in [0.25, 0.3) is 0 Å². The minimum absolute atomic E-state index is 0.337. The third-order valence-electron chi connectivity index (χ3n) is 2.84. The fourth-order valence-electron chi connectivity index (χ4n) is 1.86. The van der Waals surface area contributed by atoms with Crippen LogP contribution in [0.15, 0.2) is 33.9 Å². The lowest BCUT2D eigenvalue weighted by Crippen LogP contribution is -2.16. The molecular weight excluding hydrogens is 378 g/mol. The Labute approximate surface area is 146 Å². The molecule has 1 amide bonds. The van der Waals surface area contributed by atoms with Crippen LogP contribution in [-0.4, -0.2) is 28.7 Å². The van der Waals surface area contributed by atoms with Crippen molar-refractivity contribution in [2.24, 2.45) is 0 Å². The molecule has 0 saturated carbocycles. The molecule has 118 valence electrons. The van der Waals surface area contributed by atoms with E-state index in [2.05, 4.69) is 36.5 Å². The van der Waals surface area contributed by atoms with Crippen molar-refractivity contribution in [1.82, 2.24) is 9.97 Å². The number of anilines is 2. The van der Waals surface area contributed by atoms with E-state index in [1.165, 1.54) is 18.0 Å². The van der Waals surface area contributed by atoms with Crippen molar-refractivity contribution in [3.63, 3.8) is 0 Å². The van der Waals surface area contributed by atoms with Gasteiger partial charge in [0.05, 0.1) is 11.3 Å². The number of carbonyl (C=O) groups is 1. The minimum atomic E-state index is -0.346. The van der Waals surface area contributed by atoms with Crippen molar-refractivity contribution in [3.8, 4) is 6.07 Å². The van der Waals surface area contributed by atoms with Gasteiger partial charge in [-0.05, 0) is 33.8 Å². The average molecular weight is 392 g/mol. The molecule has 2 rings (SSSR count). The Hall–Kier alpha value is -2.11. The van der Waals surface area contributed by atoms with Crippen molar-refractivity contribution in [1.29, 1.82) is 5.26 Å². The monoisotopic (exact) mass is 391 g/mol. The van der Waals surface area contributed by atoms with Gasteiger partial charge in [-0.15, -0.1) is 11.8 Å². The molecule has 6 nitrogen and oxygen atoms in total. The second-order valence-corrected chi connectivity index (χ2v) is 6.59. The summed E-state index contributed by atoms with van der Waals surface area (Å²) in [4.78, 5) is 21.6. The molecule has 2 aromatic heterocycles. The molecule has 0 saturated heterocycles. The summed E-state index contributed by atoms with van der Waals surface area (Å²) in [6.07, 6.45) is 3.02. The predicted octanol–water partition coefficient (Wildman–Crippen LogP) is 3.52. The fourth-order valence-corrected chi connectivity index (χ4v) is 3.14. The molecule has 0 radical (unpaired) electrons. The fraction of sp³-hybridized carbons (Fsp3) is 0.200. The van der Waals surface area contributed by atoms with Gasteiger partial charge >= 0.3 is 0 Å². The summed E-state index contributed by atoms with van der Waals surface area (Å²) in [6, 6.07) is 5.44. The topological polar surface area (TPSA) is 90.7 Å². The zero-order chi connectivity index (χ0) is 16.8. The molecular formula is C15H14BrN5OS. The van der Waals surface area contributed by atoms with Gasteiger partial charge in [0.1, 0.15) is 17.6 Å². The van der Waals surface area contributed by atoms with Gasteiger partial charge in [0, 0.05) is 28.8 Å². The number of hydrogen-bond acceptors (Lipinski definition) is 6. The summed E-state index contributed by atoms with van der Waals surface area (Å²) in [5, 5.41) is 14.6. The van der Waals surface area contributed by atoms with E-state index >= 15 is 0 Å². The highest BCUT2D eigenvalue weighted by Gasteiger charge is 2.16. The van der Waals surface area contributed by atoms with Gasteiger partial charge in [-0.2, -0.15) is 5.26 Å². The van der Waals surface area contributed by atoms with E-state index in [0.717, 1.165) is 15.1 Å². The van der Waals surface area contributed by atoms with E-state index in [1.807, 2.05) is 19.1 Å². The number of carbonyl (C=O) groups excluding carboxylic acids is 1. The lowest BCUT2D eigenvalue weighted by molar-refractivity contribution is 0.101. The smallest absolute Gasteiger partial charge is 0.275 e. The molecule has 0 unspecified atom stereocenters. The highest BCUT2D eigenvalue weighted by Crippen LogP contribution is 2.26. The number of rotatable bonds is 5. The van der Waals surface area contributed by atoms with Gasteiger partial charge < -0.3 is 10.6 Å². The molecule has 0 aliphatic heterocycles. The normalized spacial score (nSPS) is 10.0. The number of aromatic nitrogens is 2. The highest BCUT2D eigenvalue weighted by molar-refractivity contribution is 9.10. The Balaban J connectivity index is 2.34. The van der Waals surface area contributed by atoms with Crippen molar-refractivity contribution in [2.75, 3.05) is 23.4 Å². The summed E-state index contributed by atoms with van der Waals surface area (Å²) < 4.78 is 0.814. The standard InChI is InChI=1S/C15H14BrN5OS/c1-3-23-12-5-10(16)8-19-13(12)15(22)21-11-4-9(6-17)7-20-14(11)18-2/h4-5,7-8H,3H2,1-2H3,(H,18,20)(H,21,22). The van der Waals surface area contributed by atoms with E-state index in [4.69, 9.17) is 5.26 Å².